The van der Waals surface area contributed by atoms with Gasteiger partial charge in [-0.2, -0.15) is 15.0 Å². The lowest BCUT2D eigenvalue weighted by molar-refractivity contribution is 0.312. The molecule has 16 heavy (non-hydrogen) atoms. The summed E-state index contributed by atoms with van der Waals surface area (Å²) in [6.07, 6.45) is 0. The third-order valence-electron chi connectivity index (χ3n) is 1.36. The number of rotatable bonds is 4. The van der Waals surface area contributed by atoms with Gasteiger partial charge >= 0.3 is 6.01 Å². The highest BCUT2D eigenvalue weighted by Gasteiger charge is 2.06. The first-order chi connectivity index (χ1) is 7.47. The Hall–Kier alpha value is -1.92. The van der Waals surface area contributed by atoms with Crippen LogP contribution in [0.4, 0.5) is 11.9 Å². The molecule has 0 amide bonds. The number of nitrogens with one attached hydrogen (secondary N) is 1. The van der Waals surface area contributed by atoms with E-state index in [0.717, 1.165) is 5.71 Å². The SMILES string of the molecule is CC(C)=NOc1nc(N)nc(NC(C)C)n1. The van der Waals surface area contributed by atoms with Crippen molar-refractivity contribution in [3.63, 3.8) is 0 Å². The molecule has 0 aliphatic carbocycles. The van der Waals surface area contributed by atoms with E-state index in [1.54, 1.807) is 13.8 Å². The van der Waals surface area contributed by atoms with Gasteiger partial charge in [0.15, 0.2) is 0 Å². The largest absolute Gasteiger partial charge is 0.368 e. The molecular weight excluding hydrogens is 208 g/mol. The summed E-state index contributed by atoms with van der Waals surface area (Å²) in [6, 6.07) is 0.280. The molecule has 1 rings (SSSR count). The smallest absolute Gasteiger partial charge is 0.352 e. The van der Waals surface area contributed by atoms with E-state index < -0.39 is 0 Å². The Balaban J connectivity index is 2.85. The van der Waals surface area contributed by atoms with Gasteiger partial charge in [-0.25, -0.2) is 0 Å². The van der Waals surface area contributed by atoms with Crippen LogP contribution in [0.2, 0.25) is 0 Å². The first-order valence-corrected chi connectivity index (χ1v) is 4.93. The van der Waals surface area contributed by atoms with Crippen LogP contribution in [0.3, 0.4) is 0 Å². The van der Waals surface area contributed by atoms with Gasteiger partial charge in [-0.15, -0.1) is 0 Å². The van der Waals surface area contributed by atoms with Crippen molar-refractivity contribution in [2.24, 2.45) is 5.16 Å². The molecule has 88 valence electrons. The third kappa shape index (κ3) is 4.07. The minimum absolute atomic E-state index is 0.0804. The number of nitrogens with zero attached hydrogens (tertiary/aromatic N) is 4. The molecule has 0 saturated heterocycles. The number of nitrogen functional groups attached to an aromatic ring is 1. The second-order valence-corrected chi connectivity index (χ2v) is 3.73. The molecular formula is C9H16N6O. The van der Waals surface area contributed by atoms with E-state index in [4.69, 9.17) is 10.6 Å². The molecule has 0 spiro atoms. The molecule has 0 atom stereocenters. The number of aromatic nitrogens is 3. The summed E-state index contributed by atoms with van der Waals surface area (Å²) in [6.45, 7) is 7.54. The molecule has 0 radical (unpaired) electrons. The molecule has 7 nitrogen and oxygen atoms in total. The molecule has 0 bridgehead atoms. The van der Waals surface area contributed by atoms with E-state index >= 15 is 0 Å². The molecule has 0 unspecified atom stereocenters. The van der Waals surface area contributed by atoms with Crippen molar-refractivity contribution < 1.29 is 4.84 Å². The molecule has 0 aliphatic heterocycles. The Kier molecular flexibility index (Phi) is 3.98. The minimum atomic E-state index is 0.0804. The van der Waals surface area contributed by atoms with E-state index in [0.29, 0.717) is 5.95 Å². The van der Waals surface area contributed by atoms with Crippen molar-refractivity contribution in [2.45, 2.75) is 33.7 Å². The Morgan fingerprint density at radius 1 is 1.31 bits per heavy atom. The fourth-order valence-corrected chi connectivity index (χ4v) is 0.868. The van der Waals surface area contributed by atoms with Crippen LogP contribution in [0.15, 0.2) is 5.16 Å². The van der Waals surface area contributed by atoms with Gasteiger partial charge < -0.3 is 15.9 Å². The van der Waals surface area contributed by atoms with Crippen molar-refractivity contribution in [1.29, 1.82) is 0 Å². The van der Waals surface area contributed by atoms with E-state index in [9.17, 15) is 0 Å². The van der Waals surface area contributed by atoms with Crippen LogP contribution in [0.1, 0.15) is 27.7 Å². The van der Waals surface area contributed by atoms with Gasteiger partial charge in [0.05, 0.1) is 5.71 Å². The molecule has 0 aromatic carbocycles. The Bertz CT molecular complexity index is 386. The van der Waals surface area contributed by atoms with Gasteiger partial charge in [0.25, 0.3) is 0 Å². The van der Waals surface area contributed by atoms with Crippen LogP contribution in [0.5, 0.6) is 6.01 Å². The predicted molar refractivity (Wildman–Crippen MR) is 62.4 cm³/mol. The Morgan fingerprint density at radius 3 is 2.56 bits per heavy atom. The van der Waals surface area contributed by atoms with Gasteiger partial charge in [0.2, 0.25) is 11.9 Å². The highest BCUT2D eigenvalue weighted by atomic mass is 16.6. The molecule has 0 aliphatic rings. The molecule has 0 saturated carbocycles. The zero-order valence-electron chi connectivity index (χ0n) is 9.85. The molecule has 1 aromatic rings. The summed E-state index contributed by atoms with van der Waals surface area (Å²) in [7, 11) is 0. The van der Waals surface area contributed by atoms with Crippen LogP contribution in [0, 0.1) is 0 Å². The Labute approximate surface area is 94.1 Å². The summed E-state index contributed by atoms with van der Waals surface area (Å²) < 4.78 is 0. The van der Waals surface area contributed by atoms with Crippen LogP contribution >= 0.6 is 0 Å². The van der Waals surface area contributed by atoms with Crippen LogP contribution in [-0.2, 0) is 0 Å². The van der Waals surface area contributed by atoms with Gasteiger partial charge in [0, 0.05) is 6.04 Å². The molecule has 7 heteroatoms. The molecule has 1 aromatic heterocycles. The van der Waals surface area contributed by atoms with Gasteiger partial charge in [-0.05, 0) is 27.7 Å². The molecule has 3 N–H and O–H groups in total. The average Bonchev–Trinajstić information content (AvgIpc) is 2.12. The molecule has 1 heterocycles. The van der Waals surface area contributed by atoms with Crippen molar-refractivity contribution in [1.82, 2.24) is 15.0 Å². The first-order valence-electron chi connectivity index (χ1n) is 4.93. The second kappa shape index (κ2) is 5.24. The highest BCUT2D eigenvalue weighted by molar-refractivity contribution is 5.78. The standard InChI is InChI=1S/C9H16N6O/c1-5(2)11-8-12-7(10)13-9(14-8)16-15-6(3)4/h5H,1-4H3,(H3,10,11,12,13,14). The van der Waals surface area contributed by atoms with Gasteiger partial charge in [0.1, 0.15) is 0 Å². The summed E-state index contributed by atoms with van der Waals surface area (Å²) in [5, 5.41) is 6.74. The maximum Gasteiger partial charge on any atom is 0.352 e. The van der Waals surface area contributed by atoms with Crippen molar-refractivity contribution in [3.05, 3.63) is 0 Å². The van der Waals surface area contributed by atoms with Crippen LogP contribution in [0.25, 0.3) is 0 Å². The number of oxime groups is 1. The monoisotopic (exact) mass is 224 g/mol. The lowest BCUT2D eigenvalue weighted by atomic mass is 10.4. The average molecular weight is 224 g/mol. The summed E-state index contributed by atoms with van der Waals surface area (Å²) in [4.78, 5) is 16.7. The normalized spacial score (nSPS) is 10.1. The fraction of sp³-hybridized carbons (Fsp3) is 0.556. The van der Waals surface area contributed by atoms with Gasteiger partial charge in [-0.3, -0.25) is 0 Å². The minimum Gasteiger partial charge on any atom is -0.368 e. The number of nitrogens with two attached hydrogens (primary N) is 1. The third-order valence-corrected chi connectivity index (χ3v) is 1.36. The maximum atomic E-state index is 5.51. The van der Waals surface area contributed by atoms with Crippen molar-refractivity contribution in [3.8, 4) is 6.01 Å². The lowest BCUT2D eigenvalue weighted by Crippen LogP contribution is -2.14. The van der Waals surface area contributed by atoms with Crippen molar-refractivity contribution in [2.75, 3.05) is 11.1 Å². The summed E-state index contributed by atoms with van der Waals surface area (Å²) in [5.41, 5.74) is 6.27. The van der Waals surface area contributed by atoms with Crippen LogP contribution < -0.4 is 15.9 Å². The van der Waals surface area contributed by atoms with E-state index in [2.05, 4.69) is 25.4 Å². The second-order valence-electron chi connectivity index (χ2n) is 3.73. The number of anilines is 2. The number of hydrogen-bond acceptors (Lipinski definition) is 7. The molecule has 0 fully saturated rings. The lowest BCUT2D eigenvalue weighted by Gasteiger charge is -2.08. The zero-order chi connectivity index (χ0) is 12.1. The topological polar surface area (TPSA) is 98.3 Å². The predicted octanol–water partition coefficient (Wildman–Crippen LogP) is 1.05. The fourth-order valence-electron chi connectivity index (χ4n) is 0.868. The van der Waals surface area contributed by atoms with Gasteiger partial charge in [-0.1, -0.05) is 5.16 Å². The van der Waals surface area contributed by atoms with E-state index in [-0.39, 0.29) is 18.0 Å². The quantitative estimate of drug-likeness (QED) is 0.586. The highest BCUT2D eigenvalue weighted by Crippen LogP contribution is 2.09. The number of hydrogen-bond donors (Lipinski definition) is 2. The van der Waals surface area contributed by atoms with Crippen LogP contribution in [-0.4, -0.2) is 26.7 Å². The van der Waals surface area contributed by atoms with Crippen molar-refractivity contribution >= 4 is 17.6 Å². The van der Waals surface area contributed by atoms with E-state index in [1.165, 1.54) is 0 Å². The maximum absolute atomic E-state index is 5.51. The first kappa shape index (κ1) is 12.2. The summed E-state index contributed by atoms with van der Waals surface area (Å²) >= 11 is 0. The van der Waals surface area contributed by atoms with E-state index in [1.807, 2.05) is 13.8 Å². The Morgan fingerprint density at radius 2 is 2.00 bits per heavy atom. The summed E-state index contributed by atoms with van der Waals surface area (Å²) in [5.74, 6) is 0.471. The zero-order valence-corrected chi connectivity index (χ0v) is 9.85.